The van der Waals surface area contributed by atoms with E-state index in [0.29, 0.717) is 0 Å². The van der Waals surface area contributed by atoms with Gasteiger partial charge in [0, 0.05) is 48.9 Å². The van der Waals surface area contributed by atoms with E-state index in [1.54, 1.807) is 0 Å². The number of rotatable bonds is 12. The van der Waals surface area contributed by atoms with Crippen LogP contribution in [0.25, 0.3) is 0 Å². The van der Waals surface area contributed by atoms with E-state index in [-0.39, 0.29) is 0 Å². The zero-order valence-electron chi connectivity index (χ0n) is 14.7. The highest BCUT2D eigenvalue weighted by atomic mass is 15.0. The maximum Gasteiger partial charge on any atom is 0.0342 e. The van der Waals surface area contributed by atoms with Gasteiger partial charge in [-0.2, -0.15) is 0 Å². The maximum atomic E-state index is 5.66. The molecule has 0 atom stereocenters. The van der Waals surface area contributed by atoms with Gasteiger partial charge in [0.2, 0.25) is 0 Å². The largest absolute Gasteiger partial charge is 0.399 e. The lowest BCUT2D eigenvalue weighted by molar-refractivity contribution is 0.608. The van der Waals surface area contributed by atoms with Crippen LogP contribution < -0.4 is 32.7 Å². The molecule has 0 unspecified atom stereocenters. The van der Waals surface area contributed by atoms with E-state index in [2.05, 4.69) is 21.3 Å². The summed E-state index contributed by atoms with van der Waals surface area (Å²) >= 11 is 0. The van der Waals surface area contributed by atoms with Crippen LogP contribution in [0.3, 0.4) is 0 Å². The van der Waals surface area contributed by atoms with Crippen LogP contribution in [0, 0.1) is 0 Å². The molecule has 0 spiro atoms. The van der Waals surface area contributed by atoms with Crippen molar-refractivity contribution in [1.82, 2.24) is 10.6 Å². The summed E-state index contributed by atoms with van der Waals surface area (Å²) in [4.78, 5) is 0. The minimum atomic E-state index is 0.792. The molecule has 0 saturated carbocycles. The zero-order valence-corrected chi connectivity index (χ0v) is 14.7. The predicted octanol–water partition coefficient (Wildman–Crippen LogP) is 1.94. The first-order valence-electron chi connectivity index (χ1n) is 8.84. The molecule has 0 saturated heterocycles. The highest BCUT2D eigenvalue weighted by Gasteiger charge is 1.93. The zero-order chi connectivity index (χ0) is 17.7. The molecule has 2 aromatic rings. The average Bonchev–Trinajstić information content (AvgIpc) is 2.63. The van der Waals surface area contributed by atoms with Crippen molar-refractivity contribution in [2.45, 2.75) is 6.42 Å². The topological polar surface area (TPSA) is 100 Å². The van der Waals surface area contributed by atoms with Crippen molar-refractivity contribution in [2.24, 2.45) is 0 Å². The van der Waals surface area contributed by atoms with Crippen LogP contribution >= 0.6 is 0 Å². The van der Waals surface area contributed by atoms with E-state index >= 15 is 0 Å². The second-order valence-electron chi connectivity index (χ2n) is 5.95. The Morgan fingerprint density at radius 2 is 0.920 bits per heavy atom. The van der Waals surface area contributed by atoms with Gasteiger partial charge in [-0.15, -0.1) is 0 Å². The summed E-state index contributed by atoms with van der Waals surface area (Å²) < 4.78 is 0. The van der Waals surface area contributed by atoms with Crippen molar-refractivity contribution in [2.75, 3.05) is 61.4 Å². The van der Waals surface area contributed by atoms with E-state index in [1.807, 2.05) is 48.5 Å². The Morgan fingerprint density at radius 1 is 0.520 bits per heavy atom. The standard InChI is InChI=1S/C19H30N6/c20-16-2-6-18(7-3-16)24-14-12-22-10-1-11-23-13-15-25-19-8-4-17(21)5-9-19/h2-9,22-25H,1,10-15,20-21H2. The Kier molecular flexibility index (Phi) is 8.44. The molecule has 0 bridgehead atoms. The molecule has 0 aliphatic carbocycles. The van der Waals surface area contributed by atoms with Crippen LogP contribution in [-0.4, -0.2) is 39.3 Å². The number of nitrogens with two attached hydrogens (primary N) is 2. The van der Waals surface area contributed by atoms with Crippen LogP contribution in [0.2, 0.25) is 0 Å². The lowest BCUT2D eigenvalue weighted by atomic mass is 10.3. The number of nitrogen functional groups attached to an aromatic ring is 2. The lowest BCUT2D eigenvalue weighted by Crippen LogP contribution is -2.28. The van der Waals surface area contributed by atoms with Gasteiger partial charge in [-0.25, -0.2) is 0 Å². The number of hydrogen-bond acceptors (Lipinski definition) is 6. The summed E-state index contributed by atoms with van der Waals surface area (Å²) in [5.74, 6) is 0. The normalized spacial score (nSPS) is 10.6. The third kappa shape index (κ3) is 8.28. The molecule has 0 heterocycles. The third-order valence-corrected chi connectivity index (χ3v) is 3.79. The van der Waals surface area contributed by atoms with Crippen LogP contribution in [0.5, 0.6) is 0 Å². The molecule has 25 heavy (non-hydrogen) atoms. The molecule has 0 amide bonds. The first-order chi connectivity index (χ1) is 12.2. The summed E-state index contributed by atoms with van der Waals surface area (Å²) in [7, 11) is 0. The Bertz CT molecular complexity index is 528. The SMILES string of the molecule is Nc1ccc(NCCNCCCNCCNc2ccc(N)cc2)cc1. The summed E-state index contributed by atoms with van der Waals surface area (Å²) in [6.07, 6.45) is 1.11. The number of anilines is 4. The van der Waals surface area contributed by atoms with Gasteiger partial charge in [0.05, 0.1) is 0 Å². The van der Waals surface area contributed by atoms with Crippen molar-refractivity contribution in [3.8, 4) is 0 Å². The van der Waals surface area contributed by atoms with Crippen LogP contribution in [0.15, 0.2) is 48.5 Å². The molecule has 6 heteroatoms. The smallest absolute Gasteiger partial charge is 0.0342 e. The van der Waals surface area contributed by atoms with Crippen molar-refractivity contribution in [1.29, 1.82) is 0 Å². The van der Waals surface area contributed by atoms with Gasteiger partial charge in [-0.3, -0.25) is 0 Å². The molecule has 0 radical (unpaired) electrons. The van der Waals surface area contributed by atoms with Crippen molar-refractivity contribution in [3.05, 3.63) is 48.5 Å². The summed E-state index contributed by atoms with van der Waals surface area (Å²) in [6.45, 7) is 5.74. The fraction of sp³-hybridized carbons (Fsp3) is 0.368. The van der Waals surface area contributed by atoms with Gasteiger partial charge in [-0.1, -0.05) is 0 Å². The molecule has 6 nitrogen and oxygen atoms in total. The van der Waals surface area contributed by atoms with E-state index in [1.165, 1.54) is 0 Å². The maximum absolute atomic E-state index is 5.66. The molecule has 2 rings (SSSR count). The Morgan fingerprint density at radius 3 is 1.32 bits per heavy atom. The summed E-state index contributed by atoms with van der Waals surface area (Å²) in [6, 6.07) is 15.6. The minimum Gasteiger partial charge on any atom is -0.399 e. The van der Waals surface area contributed by atoms with E-state index in [4.69, 9.17) is 11.5 Å². The number of nitrogens with one attached hydrogen (secondary N) is 4. The van der Waals surface area contributed by atoms with Gasteiger partial charge < -0.3 is 32.7 Å². The molecule has 8 N–H and O–H groups in total. The molecule has 136 valence electrons. The highest BCUT2D eigenvalue weighted by Crippen LogP contribution is 2.10. The van der Waals surface area contributed by atoms with E-state index in [9.17, 15) is 0 Å². The average molecular weight is 342 g/mol. The second kappa shape index (κ2) is 11.2. The Balaban J connectivity index is 1.37. The van der Waals surface area contributed by atoms with Crippen molar-refractivity contribution in [3.63, 3.8) is 0 Å². The first-order valence-corrected chi connectivity index (χ1v) is 8.84. The third-order valence-electron chi connectivity index (χ3n) is 3.79. The highest BCUT2D eigenvalue weighted by molar-refractivity contribution is 5.51. The number of hydrogen-bond donors (Lipinski definition) is 6. The predicted molar refractivity (Wildman–Crippen MR) is 109 cm³/mol. The Labute approximate surface area is 150 Å². The summed E-state index contributed by atoms with van der Waals surface area (Å²) in [5, 5.41) is 13.6. The molecule has 2 aromatic carbocycles. The number of benzene rings is 2. The van der Waals surface area contributed by atoms with Gasteiger partial charge >= 0.3 is 0 Å². The molecule has 0 fully saturated rings. The van der Waals surface area contributed by atoms with Gasteiger partial charge in [-0.05, 0) is 68.0 Å². The molecular formula is C19H30N6. The van der Waals surface area contributed by atoms with Crippen LogP contribution in [-0.2, 0) is 0 Å². The fourth-order valence-corrected chi connectivity index (χ4v) is 2.38. The quantitative estimate of drug-likeness (QED) is 0.260. The summed E-state index contributed by atoms with van der Waals surface area (Å²) in [5.41, 5.74) is 15.1. The second-order valence-corrected chi connectivity index (χ2v) is 5.95. The first kappa shape index (κ1) is 18.9. The van der Waals surface area contributed by atoms with E-state index in [0.717, 1.165) is 68.4 Å². The fourth-order valence-electron chi connectivity index (χ4n) is 2.38. The minimum absolute atomic E-state index is 0.792. The molecule has 0 aliphatic rings. The van der Waals surface area contributed by atoms with Gasteiger partial charge in [0.25, 0.3) is 0 Å². The van der Waals surface area contributed by atoms with Crippen LogP contribution in [0.1, 0.15) is 6.42 Å². The molecule has 0 aromatic heterocycles. The molecular weight excluding hydrogens is 312 g/mol. The van der Waals surface area contributed by atoms with E-state index < -0.39 is 0 Å². The van der Waals surface area contributed by atoms with Gasteiger partial charge in [0.15, 0.2) is 0 Å². The van der Waals surface area contributed by atoms with Crippen molar-refractivity contribution >= 4 is 22.7 Å². The Hall–Kier alpha value is -2.44. The lowest BCUT2D eigenvalue weighted by Gasteiger charge is -2.09. The van der Waals surface area contributed by atoms with Crippen LogP contribution in [0.4, 0.5) is 22.7 Å². The van der Waals surface area contributed by atoms with Crippen molar-refractivity contribution < 1.29 is 0 Å². The van der Waals surface area contributed by atoms with Gasteiger partial charge in [0.1, 0.15) is 0 Å². The molecule has 0 aliphatic heterocycles. The monoisotopic (exact) mass is 342 g/mol.